The van der Waals surface area contributed by atoms with Gasteiger partial charge in [-0.3, -0.25) is 0 Å². The molecule has 0 saturated heterocycles. The van der Waals surface area contributed by atoms with Crippen molar-refractivity contribution < 1.29 is 0 Å². The van der Waals surface area contributed by atoms with Gasteiger partial charge in [-0.25, -0.2) is 0 Å². The van der Waals surface area contributed by atoms with E-state index in [4.69, 9.17) is 0 Å². The first-order valence-electron chi connectivity index (χ1n) is 11.3. The van der Waals surface area contributed by atoms with Crippen molar-refractivity contribution in [3.8, 4) is 11.1 Å². The lowest BCUT2D eigenvalue weighted by Gasteiger charge is -2.13. The lowest BCUT2D eigenvalue weighted by Crippen LogP contribution is -1.96. The smallest absolute Gasteiger partial charge is 0.0491 e. The number of unbranched alkanes of at least 4 members (excludes halogenated alkanes) is 1. The van der Waals surface area contributed by atoms with Crippen molar-refractivity contribution >= 4 is 43.4 Å². The summed E-state index contributed by atoms with van der Waals surface area (Å²) in [5.74, 6) is 0. The molecule has 0 unspecified atom stereocenters. The lowest BCUT2D eigenvalue weighted by atomic mass is 9.91. The van der Waals surface area contributed by atoms with Crippen molar-refractivity contribution in [1.29, 1.82) is 0 Å². The quantitative estimate of drug-likeness (QED) is 0.262. The van der Waals surface area contributed by atoms with Gasteiger partial charge in [-0.2, -0.15) is 0 Å². The molecule has 1 heterocycles. The van der Waals surface area contributed by atoms with Crippen LogP contribution < -0.4 is 0 Å². The fraction of sp³-hybridized carbons (Fsp3) is 0.133. The number of hydrogen-bond acceptors (Lipinski definition) is 0. The molecule has 1 nitrogen and oxygen atoms in total. The highest BCUT2D eigenvalue weighted by molar-refractivity contribution is 6.15. The highest BCUT2D eigenvalue weighted by atomic mass is 15.0. The first-order valence-corrected chi connectivity index (χ1v) is 11.3. The molecule has 0 aliphatic heterocycles. The van der Waals surface area contributed by atoms with Crippen molar-refractivity contribution in [2.24, 2.45) is 0 Å². The van der Waals surface area contributed by atoms with Gasteiger partial charge in [-0.1, -0.05) is 86.1 Å². The fourth-order valence-electron chi connectivity index (χ4n) is 5.09. The second-order valence-electron chi connectivity index (χ2n) is 8.45. The molecule has 0 N–H and O–H groups in total. The van der Waals surface area contributed by atoms with Gasteiger partial charge in [0.05, 0.1) is 0 Å². The monoisotopic (exact) mass is 399 g/mol. The number of hydrogen-bond donors (Lipinski definition) is 0. The summed E-state index contributed by atoms with van der Waals surface area (Å²) in [6.07, 6.45) is 2.40. The Balaban J connectivity index is 1.69. The van der Waals surface area contributed by atoms with E-state index in [1.54, 1.807) is 0 Å². The van der Waals surface area contributed by atoms with E-state index in [1.165, 1.54) is 67.3 Å². The summed E-state index contributed by atoms with van der Waals surface area (Å²) >= 11 is 0. The Hall–Kier alpha value is -3.58. The van der Waals surface area contributed by atoms with Crippen LogP contribution in [0.1, 0.15) is 19.8 Å². The Morgan fingerprint density at radius 1 is 0.581 bits per heavy atom. The first kappa shape index (κ1) is 18.2. The van der Waals surface area contributed by atoms with E-state index in [-0.39, 0.29) is 0 Å². The number of benzene rings is 5. The highest BCUT2D eigenvalue weighted by Gasteiger charge is 2.14. The first-order chi connectivity index (χ1) is 15.3. The van der Waals surface area contributed by atoms with Crippen LogP contribution in [-0.4, -0.2) is 4.57 Å². The molecule has 0 aliphatic carbocycles. The van der Waals surface area contributed by atoms with E-state index in [2.05, 4.69) is 109 Å². The van der Waals surface area contributed by atoms with Crippen LogP contribution >= 0.6 is 0 Å². The van der Waals surface area contributed by atoms with Crippen molar-refractivity contribution in [3.63, 3.8) is 0 Å². The van der Waals surface area contributed by atoms with Crippen molar-refractivity contribution in [2.45, 2.75) is 26.3 Å². The standard InChI is InChI=1S/C30H25N/c1-2-3-18-31-28-15-9-8-14-26(28)27-20-23(16-17-29(27)31)30-24-12-6-4-10-21(24)19-22-11-5-7-13-25(22)30/h4-17,19-20H,2-3,18H2,1H3. The molecular formula is C30H25N. The summed E-state index contributed by atoms with van der Waals surface area (Å²) in [5.41, 5.74) is 5.30. The number of fused-ring (bicyclic) bond motifs is 5. The predicted octanol–water partition coefficient (Wildman–Crippen LogP) is 8.57. The van der Waals surface area contributed by atoms with Crippen molar-refractivity contribution in [2.75, 3.05) is 0 Å². The van der Waals surface area contributed by atoms with Crippen LogP contribution in [0.5, 0.6) is 0 Å². The average Bonchev–Trinajstić information content (AvgIpc) is 3.14. The molecule has 0 bridgehead atoms. The maximum Gasteiger partial charge on any atom is 0.0491 e. The molecule has 1 heteroatoms. The number of aryl methyl sites for hydroxylation is 1. The van der Waals surface area contributed by atoms with Crippen LogP contribution in [0.3, 0.4) is 0 Å². The Morgan fingerprint density at radius 2 is 1.19 bits per heavy atom. The largest absolute Gasteiger partial charge is 0.340 e. The van der Waals surface area contributed by atoms with E-state index in [0.717, 1.165) is 6.54 Å². The highest BCUT2D eigenvalue weighted by Crippen LogP contribution is 2.39. The molecule has 31 heavy (non-hydrogen) atoms. The zero-order chi connectivity index (χ0) is 20.8. The van der Waals surface area contributed by atoms with Crippen LogP contribution in [0.15, 0.2) is 97.1 Å². The second kappa shape index (κ2) is 7.28. The molecular weight excluding hydrogens is 374 g/mol. The molecule has 0 fully saturated rings. The number of para-hydroxylation sites is 1. The normalized spacial score (nSPS) is 11.8. The molecule has 0 radical (unpaired) electrons. The summed E-state index contributed by atoms with van der Waals surface area (Å²) in [5, 5.41) is 7.91. The van der Waals surface area contributed by atoms with Gasteiger partial charge >= 0.3 is 0 Å². The maximum absolute atomic E-state index is 2.50. The SMILES string of the molecule is CCCCn1c2ccccc2c2cc(-c3c4ccccc4cc4ccccc34)ccc21. The Labute approximate surface area is 182 Å². The zero-order valence-corrected chi connectivity index (χ0v) is 17.8. The molecule has 0 saturated carbocycles. The Morgan fingerprint density at radius 3 is 1.90 bits per heavy atom. The van der Waals surface area contributed by atoms with Crippen molar-refractivity contribution in [1.82, 2.24) is 4.57 Å². The summed E-state index contributed by atoms with van der Waals surface area (Å²) in [7, 11) is 0. The zero-order valence-electron chi connectivity index (χ0n) is 17.8. The summed E-state index contributed by atoms with van der Waals surface area (Å²) in [6, 6.07) is 35.7. The molecule has 0 atom stereocenters. The van der Waals surface area contributed by atoms with E-state index < -0.39 is 0 Å². The maximum atomic E-state index is 2.50. The minimum atomic E-state index is 1.07. The predicted molar refractivity (Wildman–Crippen MR) is 135 cm³/mol. The Bertz CT molecular complexity index is 1510. The van der Waals surface area contributed by atoms with E-state index in [0.29, 0.717) is 0 Å². The third kappa shape index (κ3) is 2.84. The van der Waals surface area contributed by atoms with Crippen molar-refractivity contribution in [3.05, 3.63) is 97.1 Å². The van der Waals surface area contributed by atoms with Crippen LogP contribution in [0.2, 0.25) is 0 Å². The number of nitrogens with zero attached hydrogens (tertiary/aromatic N) is 1. The third-order valence-corrected chi connectivity index (χ3v) is 6.57. The lowest BCUT2D eigenvalue weighted by molar-refractivity contribution is 0.665. The van der Waals surface area contributed by atoms with Gasteiger partial charge in [0.1, 0.15) is 0 Å². The average molecular weight is 400 g/mol. The van der Waals surface area contributed by atoms with Gasteiger partial charge in [0.25, 0.3) is 0 Å². The van der Waals surface area contributed by atoms with E-state index >= 15 is 0 Å². The molecule has 0 amide bonds. The Kier molecular flexibility index (Phi) is 4.28. The van der Waals surface area contributed by atoms with E-state index in [9.17, 15) is 0 Å². The fourth-order valence-corrected chi connectivity index (χ4v) is 5.09. The molecule has 0 spiro atoms. The topological polar surface area (TPSA) is 4.93 Å². The minimum Gasteiger partial charge on any atom is -0.340 e. The van der Waals surface area contributed by atoms with Gasteiger partial charge in [0.15, 0.2) is 0 Å². The van der Waals surface area contributed by atoms with E-state index in [1.807, 2.05) is 0 Å². The summed E-state index contributed by atoms with van der Waals surface area (Å²) < 4.78 is 2.50. The van der Waals surface area contributed by atoms with Gasteiger partial charge < -0.3 is 4.57 Å². The minimum absolute atomic E-state index is 1.07. The molecule has 150 valence electrons. The van der Waals surface area contributed by atoms with Gasteiger partial charge in [-0.05, 0) is 63.4 Å². The molecule has 0 aliphatic rings. The van der Waals surface area contributed by atoms with Crippen LogP contribution in [0.4, 0.5) is 0 Å². The van der Waals surface area contributed by atoms with Crippen LogP contribution in [0, 0.1) is 0 Å². The number of rotatable bonds is 4. The molecule has 6 aromatic rings. The molecule has 6 rings (SSSR count). The molecule has 1 aromatic heterocycles. The van der Waals surface area contributed by atoms with Gasteiger partial charge in [0, 0.05) is 28.4 Å². The second-order valence-corrected chi connectivity index (χ2v) is 8.45. The van der Waals surface area contributed by atoms with Gasteiger partial charge in [0.2, 0.25) is 0 Å². The van der Waals surface area contributed by atoms with Crippen LogP contribution in [0.25, 0.3) is 54.5 Å². The summed E-state index contributed by atoms with van der Waals surface area (Å²) in [4.78, 5) is 0. The van der Waals surface area contributed by atoms with Crippen LogP contribution in [-0.2, 0) is 6.54 Å². The molecule has 5 aromatic carbocycles. The summed E-state index contributed by atoms with van der Waals surface area (Å²) in [6.45, 7) is 3.33. The van der Waals surface area contributed by atoms with Gasteiger partial charge in [-0.15, -0.1) is 0 Å². The third-order valence-electron chi connectivity index (χ3n) is 6.57. The number of aromatic nitrogens is 1.